The van der Waals surface area contributed by atoms with Gasteiger partial charge in [-0.05, 0) is 120 Å². The van der Waals surface area contributed by atoms with Gasteiger partial charge in [0.15, 0.2) is 5.79 Å². The minimum absolute atomic E-state index is 0.0598. The highest BCUT2D eigenvalue weighted by Gasteiger charge is 2.79. The van der Waals surface area contributed by atoms with E-state index in [0.29, 0.717) is 38.0 Å². The largest absolute Gasteiger partial charge is 0.393 e. The zero-order chi connectivity index (χ0) is 47.2. The van der Waals surface area contributed by atoms with Gasteiger partial charge in [0.25, 0.3) is 0 Å². The average Bonchev–Trinajstić information content (AvgIpc) is 3.98. The molecule has 0 aromatic carbocycles. The van der Waals surface area contributed by atoms with Crippen molar-refractivity contribution in [3.63, 3.8) is 0 Å². The molecule has 0 unspecified atom stereocenters. The first-order chi connectivity index (χ1) is 31.4. The summed E-state index contributed by atoms with van der Waals surface area (Å²) in [6.45, 7) is 16.2. The Morgan fingerprint density at radius 3 is 2.13 bits per heavy atom. The molecule has 13 nitrogen and oxygen atoms in total. The third-order valence-corrected chi connectivity index (χ3v) is 23.1. The second kappa shape index (κ2) is 13.3. The van der Waals surface area contributed by atoms with Crippen LogP contribution in [0.4, 0.5) is 0 Å². The van der Waals surface area contributed by atoms with Gasteiger partial charge in [-0.25, -0.2) is 0 Å². The summed E-state index contributed by atoms with van der Waals surface area (Å²) < 4.78 is 26.2. The number of hydrogen-bond donors (Lipinski definition) is 6. The number of aromatic nitrogens is 2. The molecule has 21 atom stereocenters. The Balaban J connectivity index is 0.772. The quantitative estimate of drug-likeness (QED) is 0.214. The number of aliphatic hydroxyl groups is 6. The van der Waals surface area contributed by atoms with Crippen molar-refractivity contribution in [3.05, 3.63) is 46.1 Å². The third kappa shape index (κ3) is 5.00. The van der Waals surface area contributed by atoms with Crippen LogP contribution in [-0.4, -0.2) is 118 Å². The molecule has 1 aromatic rings. The second-order valence-corrected chi connectivity index (χ2v) is 26.2. The predicted molar refractivity (Wildman–Crippen MR) is 242 cm³/mol. The van der Waals surface area contributed by atoms with Crippen molar-refractivity contribution < 1.29 is 54.4 Å². The summed E-state index contributed by atoms with van der Waals surface area (Å²) in [5.41, 5.74) is -0.652. The zero-order valence-corrected chi connectivity index (χ0v) is 40.8. The number of ether oxygens (including phenoxy) is 4. The highest BCUT2D eigenvalue weighted by Crippen LogP contribution is 2.73. The number of ketones is 1. The van der Waals surface area contributed by atoms with Crippen LogP contribution >= 0.6 is 0 Å². The van der Waals surface area contributed by atoms with E-state index < -0.39 is 80.6 Å². The van der Waals surface area contributed by atoms with Crippen molar-refractivity contribution in [1.82, 2.24) is 9.97 Å². The van der Waals surface area contributed by atoms with Crippen LogP contribution in [0.3, 0.4) is 0 Å². The Bertz CT molecular complexity index is 2440. The molecule has 3 spiro atoms. The van der Waals surface area contributed by atoms with E-state index in [9.17, 15) is 35.4 Å². The molecule has 5 heterocycles. The molecule has 13 rings (SSSR count). The summed E-state index contributed by atoms with van der Waals surface area (Å²) in [6, 6.07) is 0. The van der Waals surface area contributed by atoms with Crippen LogP contribution in [0.15, 0.2) is 23.3 Å². The van der Waals surface area contributed by atoms with Gasteiger partial charge in [0.1, 0.15) is 29.7 Å². The van der Waals surface area contributed by atoms with E-state index >= 15 is 0 Å². The molecule has 0 amide bonds. The first-order valence-corrected chi connectivity index (χ1v) is 26.1. The number of carbonyl (C=O) groups is 1. The summed E-state index contributed by atoms with van der Waals surface area (Å²) in [6.07, 6.45) is 9.30. The van der Waals surface area contributed by atoms with E-state index in [1.165, 1.54) is 0 Å². The SMILES string of the molecule is C[C@@H]1[C@]2(O[C@H]3C=C4[C@@H]5CC[C@H]6Cc7nc8c(nc7C[C@]6(C)[C@H]5C[C@@H](O)[C@]4(C)[C@]31O)C[C@@H]1CC[C@H]3C4=CC[C@@H]5[C@H](C)[C@]6(OC[C@]45C(=O)C[C@]3(O)[C@@]1(C)C8)OC(C)(C)C[C@H]6O)O[C@](C)(CO)C[C@H]2O. The molecular weight excluding hydrogens is 853 g/mol. The number of fused-ring (bicyclic) bond motifs is 13. The molecule has 8 aliphatic carbocycles. The lowest BCUT2D eigenvalue weighted by Crippen LogP contribution is -2.70. The minimum Gasteiger partial charge on any atom is -0.393 e. The second-order valence-electron chi connectivity index (χ2n) is 26.2. The van der Waals surface area contributed by atoms with Gasteiger partial charge in [-0.3, -0.25) is 14.8 Å². The Hall–Kier alpha value is -2.17. The Morgan fingerprint density at radius 1 is 0.761 bits per heavy atom. The molecule has 12 aliphatic rings. The molecule has 8 fully saturated rings. The molecule has 67 heavy (non-hydrogen) atoms. The van der Waals surface area contributed by atoms with Gasteiger partial charge in [-0.15, -0.1) is 0 Å². The van der Waals surface area contributed by atoms with Gasteiger partial charge in [0.05, 0.1) is 64.3 Å². The maximum absolute atomic E-state index is 15.0. The molecule has 0 radical (unpaired) electrons. The van der Waals surface area contributed by atoms with E-state index in [2.05, 4.69) is 32.9 Å². The Kier molecular flexibility index (Phi) is 8.86. The van der Waals surface area contributed by atoms with Crippen molar-refractivity contribution in [1.29, 1.82) is 0 Å². The third-order valence-electron chi connectivity index (χ3n) is 23.1. The van der Waals surface area contributed by atoms with Crippen LogP contribution in [-0.2, 0) is 49.4 Å². The Morgan fingerprint density at radius 2 is 1.45 bits per heavy atom. The first kappa shape index (κ1) is 44.7. The summed E-state index contributed by atoms with van der Waals surface area (Å²) in [5.74, 6) is -2.92. The van der Waals surface area contributed by atoms with E-state index in [-0.39, 0.29) is 72.8 Å². The van der Waals surface area contributed by atoms with Gasteiger partial charge in [0, 0.05) is 47.8 Å². The molecule has 6 N–H and O–H groups in total. The lowest BCUT2D eigenvalue weighted by atomic mass is 9.42. The number of rotatable bonds is 1. The molecule has 4 saturated carbocycles. The number of nitrogens with zero attached hydrogens (tertiary/aromatic N) is 2. The molecule has 13 heteroatoms. The monoisotopic (exact) mass is 927 g/mol. The highest BCUT2D eigenvalue weighted by atomic mass is 16.7. The molecular formula is C54H74N2O11. The summed E-state index contributed by atoms with van der Waals surface area (Å²) in [5, 5.41) is 71.6. The fourth-order valence-corrected chi connectivity index (χ4v) is 19.3. The normalized spacial score (nSPS) is 57.3. The van der Waals surface area contributed by atoms with Crippen LogP contribution in [0.1, 0.15) is 136 Å². The van der Waals surface area contributed by atoms with Gasteiger partial charge in [0.2, 0.25) is 5.79 Å². The molecule has 0 bridgehead atoms. The topological polar surface area (TPSA) is 201 Å². The van der Waals surface area contributed by atoms with Crippen LogP contribution < -0.4 is 0 Å². The van der Waals surface area contributed by atoms with E-state index in [1.54, 1.807) is 6.92 Å². The molecule has 366 valence electrons. The lowest BCUT2D eigenvalue weighted by Gasteiger charge is -2.64. The number of allylic oxidation sites excluding steroid dienone is 1. The van der Waals surface area contributed by atoms with Gasteiger partial charge < -0.3 is 49.6 Å². The molecule has 4 saturated heterocycles. The van der Waals surface area contributed by atoms with Crippen LogP contribution in [0.5, 0.6) is 0 Å². The van der Waals surface area contributed by atoms with Crippen molar-refractivity contribution in [3.8, 4) is 0 Å². The van der Waals surface area contributed by atoms with Crippen LogP contribution in [0, 0.1) is 69.0 Å². The van der Waals surface area contributed by atoms with Crippen molar-refractivity contribution >= 4 is 5.78 Å². The van der Waals surface area contributed by atoms with Crippen molar-refractivity contribution in [2.24, 2.45) is 69.0 Å². The van der Waals surface area contributed by atoms with Crippen molar-refractivity contribution in [2.45, 2.75) is 197 Å². The number of hydrogen-bond acceptors (Lipinski definition) is 13. The minimum atomic E-state index is -1.52. The summed E-state index contributed by atoms with van der Waals surface area (Å²) >= 11 is 0. The van der Waals surface area contributed by atoms with Crippen LogP contribution in [0.25, 0.3) is 0 Å². The van der Waals surface area contributed by atoms with E-state index in [1.807, 2.05) is 27.7 Å². The van der Waals surface area contributed by atoms with Crippen LogP contribution in [0.2, 0.25) is 0 Å². The van der Waals surface area contributed by atoms with E-state index in [4.69, 9.17) is 28.9 Å². The maximum Gasteiger partial charge on any atom is 0.201 e. The number of aliphatic hydroxyl groups excluding tert-OH is 4. The molecule has 4 aliphatic heterocycles. The van der Waals surface area contributed by atoms with Gasteiger partial charge >= 0.3 is 0 Å². The lowest BCUT2D eigenvalue weighted by molar-refractivity contribution is -0.337. The fourth-order valence-electron chi connectivity index (χ4n) is 19.3. The maximum atomic E-state index is 15.0. The van der Waals surface area contributed by atoms with Crippen molar-refractivity contribution in [2.75, 3.05) is 13.2 Å². The standard InChI is InChI=1S/C54H74N2O11/c1-26-31-13-14-32-33-12-10-29-16-37-39(20-48(29,7)51(33,62)23-41(59)50(31,32)25-64-53(26)42(60)21-45(3,4)66-53)56-36-15-28-9-11-30-34(47(28,6)19-38(36)55-37)17-40(58)49(8)35(30)18-44-52(49,63)27(2)54(65-44)43(61)22-46(5,24-57)67-54/h14,18,26-31,33-34,40,42-44,57-58,60-63H,9-13,15-17,19-25H2,1-8H3/t26-,27-,28-,29-,30+,31+,33-,34-,40+,42+,43+,44-,46-,47-,48-,49+,50+,51+,52+,53-,54-/m0/s1. The number of Topliss-reactive ketones (excluding diaryl/α,β-unsaturated/α-hetero) is 1. The predicted octanol–water partition coefficient (Wildman–Crippen LogP) is 4.62. The zero-order valence-electron chi connectivity index (χ0n) is 40.8. The van der Waals surface area contributed by atoms with Gasteiger partial charge in [-0.1, -0.05) is 57.9 Å². The smallest absolute Gasteiger partial charge is 0.201 e. The van der Waals surface area contributed by atoms with Gasteiger partial charge in [-0.2, -0.15) is 0 Å². The Labute approximate surface area is 394 Å². The number of carbonyl (C=O) groups excluding carboxylic acids is 1. The average molecular weight is 927 g/mol. The summed E-state index contributed by atoms with van der Waals surface area (Å²) in [4.78, 5) is 26.0. The fraction of sp³-hybridized carbons (Fsp3) is 0.833. The highest BCUT2D eigenvalue weighted by molar-refractivity contribution is 5.92. The first-order valence-electron chi connectivity index (χ1n) is 26.1. The van der Waals surface area contributed by atoms with E-state index in [0.717, 1.165) is 72.4 Å². The summed E-state index contributed by atoms with van der Waals surface area (Å²) in [7, 11) is 0. The molecule has 1 aromatic heterocycles.